The zero-order valence-electron chi connectivity index (χ0n) is 22.6. The lowest BCUT2D eigenvalue weighted by molar-refractivity contribution is -0.274. The fourth-order valence-electron chi connectivity index (χ4n) is 5.46. The summed E-state index contributed by atoms with van der Waals surface area (Å²) in [6.45, 7) is 3.06. The predicted octanol–water partition coefficient (Wildman–Crippen LogP) is 6.31. The molecule has 1 amide bonds. The van der Waals surface area contributed by atoms with Crippen LogP contribution in [0.5, 0.6) is 5.75 Å². The minimum absolute atomic E-state index is 0.00502. The summed E-state index contributed by atoms with van der Waals surface area (Å²) in [4.78, 5) is 27.9. The maximum Gasteiger partial charge on any atom is 0.573 e. The minimum Gasteiger partial charge on any atom is -0.477 e. The monoisotopic (exact) mass is 612 g/mol. The molecule has 1 unspecified atom stereocenters. The van der Waals surface area contributed by atoms with Crippen LogP contribution in [-0.2, 0) is 14.8 Å². The maximum atomic E-state index is 13.8. The molecular weight excluding hydrogens is 581 g/mol. The summed E-state index contributed by atoms with van der Waals surface area (Å²) < 4.78 is 69.7. The third-order valence-corrected chi connectivity index (χ3v) is 10.3. The number of rotatable bonds is 8. The largest absolute Gasteiger partial charge is 0.573 e. The van der Waals surface area contributed by atoms with Gasteiger partial charge in [-0.15, -0.1) is 24.5 Å². The van der Waals surface area contributed by atoms with Gasteiger partial charge in [-0.1, -0.05) is 37.5 Å². The number of carbonyl (C=O) groups excluding carboxylic acids is 1. The second kappa shape index (κ2) is 12.4. The number of hydrogen-bond donors (Lipinski definition) is 1. The van der Waals surface area contributed by atoms with Crippen LogP contribution in [0.1, 0.15) is 60.5 Å². The zero-order chi connectivity index (χ0) is 29.9. The highest BCUT2D eigenvalue weighted by Gasteiger charge is 2.44. The molecule has 8 nitrogen and oxygen atoms in total. The summed E-state index contributed by atoms with van der Waals surface area (Å²) in [6, 6.07) is 4.91. The Morgan fingerprint density at radius 1 is 1.12 bits per heavy atom. The molecule has 1 N–H and O–H groups in total. The van der Waals surface area contributed by atoms with Gasteiger partial charge < -0.3 is 14.7 Å². The molecule has 4 rings (SSSR count). The highest BCUT2D eigenvalue weighted by molar-refractivity contribution is 7.89. The number of piperazine rings is 1. The Morgan fingerprint density at radius 2 is 1.78 bits per heavy atom. The van der Waals surface area contributed by atoms with Crippen LogP contribution in [0, 0.1) is 5.92 Å². The van der Waals surface area contributed by atoms with Crippen LogP contribution in [0.15, 0.2) is 53.5 Å². The lowest BCUT2D eigenvalue weighted by atomic mass is 9.82. The van der Waals surface area contributed by atoms with E-state index in [-0.39, 0.29) is 27.9 Å². The number of hydrogen-bond acceptors (Lipinski definition) is 6. The van der Waals surface area contributed by atoms with Gasteiger partial charge in [-0.3, -0.25) is 4.79 Å². The number of amides is 1. The van der Waals surface area contributed by atoms with E-state index in [4.69, 9.17) is 0 Å². The number of alkyl halides is 3. The van der Waals surface area contributed by atoms with Crippen molar-refractivity contribution in [2.75, 3.05) is 18.0 Å². The number of carboxylic acid groups (broad SMARTS) is 1. The molecule has 222 valence electrons. The average Bonchev–Trinajstić information content (AvgIpc) is 3.36. The number of carbonyl (C=O) groups is 2. The fourth-order valence-corrected chi connectivity index (χ4v) is 7.91. The van der Waals surface area contributed by atoms with E-state index in [9.17, 15) is 36.3 Å². The number of anilines is 1. The quantitative estimate of drug-likeness (QED) is 0.351. The highest BCUT2D eigenvalue weighted by Crippen LogP contribution is 2.41. The molecule has 1 saturated heterocycles. The molecule has 41 heavy (non-hydrogen) atoms. The Hall–Kier alpha value is -3.16. The van der Waals surface area contributed by atoms with Gasteiger partial charge in [-0.2, -0.15) is 4.31 Å². The van der Waals surface area contributed by atoms with E-state index < -0.39 is 46.6 Å². The first-order valence-electron chi connectivity index (χ1n) is 13.2. The molecule has 2 heterocycles. The molecule has 1 aliphatic heterocycles. The van der Waals surface area contributed by atoms with Gasteiger partial charge in [0.1, 0.15) is 10.6 Å². The Balaban J connectivity index is 1.72. The third kappa shape index (κ3) is 6.84. The Bertz CT molecular complexity index is 1440. The topological polar surface area (TPSA) is 104 Å². The highest BCUT2D eigenvalue weighted by atomic mass is 32.2. The number of sulfonamides is 1. The molecule has 1 atom stereocenters. The number of ether oxygens (including phenoxy) is 1. The SMILES string of the molecule is CC=CC(=CC)c1cc(N2C(=O)CN(S(=O)(=O)c3ccc(OC(F)(F)F)cc3)CC2C2CCCCC2)c(C(=O)O)s1. The molecule has 0 spiro atoms. The number of benzene rings is 1. The first-order valence-corrected chi connectivity index (χ1v) is 15.5. The number of thiophene rings is 1. The van der Waals surface area contributed by atoms with Crippen LogP contribution in [0.25, 0.3) is 5.57 Å². The number of aromatic carboxylic acids is 1. The summed E-state index contributed by atoms with van der Waals surface area (Å²) in [6.07, 6.45) is 4.93. The van der Waals surface area contributed by atoms with Crippen molar-refractivity contribution >= 4 is 44.5 Å². The van der Waals surface area contributed by atoms with Crippen LogP contribution in [0.3, 0.4) is 0 Å². The van der Waals surface area contributed by atoms with E-state index in [1.54, 1.807) is 6.07 Å². The first-order chi connectivity index (χ1) is 19.4. The van der Waals surface area contributed by atoms with E-state index in [2.05, 4.69) is 4.74 Å². The minimum atomic E-state index is -4.92. The Kier molecular flexibility index (Phi) is 9.29. The molecule has 13 heteroatoms. The van der Waals surface area contributed by atoms with Gasteiger partial charge in [0.15, 0.2) is 0 Å². The molecule has 0 bridgehead atoms. The second-order valence-corrected chi connectivity index (χ2v) is 12.9. The van der Waals surface area contributed by atoms with Crippen LogP contribution >= 0.6 is 11.3 Å². The van der Waals surface area contributed by atoms with Crippen molar-refractivity contribution in [3.8, 4) is 5.75 Å². The molecule has 2 aromatic rings. The molecule has 1 aromatic carbocycles. The van der Waals surface area contributed by atoms with Crippen LogP contribution < -0.4 is 9.64 Å². The molecule has 2 aliphatic rings. The first kappa shape index (κ1) is 30.8. The van der Waals surface area contributed by atoms with Gasteiger partial charge in [0, 0.05) is 11.4 Å². The Labute approximate surface area is 240 Å². The molecule has 1 saturated carbocycles. The van der Waals surface area contributed by atoms with E-state index in [0.29, 0.717) is 4.88 Å². The van der Waals surface area contributed by atoms with Crippen molar-refractivity contribution in [1.29, 1.82) is 0 Å². The summed E-state index contributed by atoms with van der Waals surface area (Å²) >= 11 is 1.06. The number of halogens is 3. The smallest absolute Gasteiger partial charge is 0.477 e. The van der Waals surface area contributed by atoms with Gasteiger partial charge in [-0.25, -0.2) is 13.2 Å². The van der Waals surface area contributed by atoms with Gasteiger partial charge in [-0.05, 0) is 68.5 Å². The summed E-state index contributed by atoms with van der Waals surface area (Å²) in [5, 5.41) is 10.0. The third-order valence-electron chi connectivity index (χ3n) is 7.30. The van der Waals surface area contributed by atoms with Gasteiger partial charge >= 0.3 is 12.3 Å². The zero-order valence-corrected chi connectivity index (χ0v) is 24.2. The number of allylic oxidation sites excluding steroid dienone is 4. The molecule has 1 aromatic heterocycles. The van der Waals surface area contributed by atoms with Crippen LogP contribution in [0.2, 0.25) is 0 Å². The van der Waals surface area contributed by atoms with Crippen molar-refractivity contribution in [2.45, 2.75) is 63.3 Å². The van der Waals surface area contributed by atoms with Gasteiger partial charge in [0.25, 0.3) is 0 Å². The molecule has 2 fully saturated rings. The van der Waals surface area contributed by atoms with Crippen LogP contribution in [-0.4, -0.2) is 55.2 Å². The normalized spacial score (nSPS) is 20.1. The average molecular weight is 613 g/mol. The summed E-state index contributed by atoms with van der Waals surface area (Å²) in [5.41, 5.74) is 1.04. The molecule has 1 aliphatic carbocycles. The number of nitrogens with zero attached hydrogens (tertiary/aromatic N) is 2. The standard InChI is InChI=1S/C28H31F3N2O6S2/c1-3-8-18(4-2)24-15-22(26(40-24)27(35)36)33-23(19-9-6-5-7-10-19)16-32(17-25(33)34)41(37,38)21-13-11-20(12-14-21)39-28(29,30)31/h3-4,8,11-15,19,23H,5-7,9-10,16-17H2,1-2H3,(H,35,36). The molecule has 0 radical (unpaired) electrons. The fraction of sp³-hybridized carbons (Fsp3) is 0.429. The Morgan fingerprint density at radius 3 is 2.34 bits per heavy atom. The van der Waals surface area contributed by atoms with Crippen molar-refractivity contribution in [2.24, 2.45) is 5.92 Å². The summed E-state index contributed by atoms with van der Waals surface area (Å²) in [5.74, 6) is -2.37. The van der Waals surface area contributed by atoms with Gasteiger partial charge in [0.05, 0.1) is 23.2 Å². The van der Waals surface area contributed by atoms with Crippen molar-refractivity contribution in [3.05, 3.63) is 58.3 Å². The van der Waals surface area contributed by atoms with Gasteiger partial charge in [0.2, 0.25) is 15.9 Å². The predicted molar refractivity (Wildman–Crippen MR) is 149 cm³/mol. The van der Waals surface area contributed by atoms with E-state index in [0.717, 1.165) is 77.6 Å². The lowest BCUT2D eigenvalue weighted by Gasteiger charge is -2.44. The summed E-state index contributed by atoms with van der Waals surface area (Å²) in [7, 11) is -4.26. The maximum absolute atomic E-state index is 13.8. The van der Waals surface area contributed by atoms with Crippen molar-refractivity contribution < 1.29 is 41.0 Å². The van der Waals surface area contributed by atoms with E-state index in [1.165, 1.54) is 4.90 Å². The van der Waals surface area contributed by atoms with E-state index >= 15 is 0 Å². The van der Waals surface area contributed by atoms with E-state index in [1.807, 2.05) is 32.1 Å². The van der Waals surface area contributed by atoms with Crippen molar-refractivity contribution in [1.82, 2.24) is 4.31 Å². The van der Waals surface area contributed by atoms with Crippen LogP contribution in [0.4, 0.5) is 18.9 Å². The molecular formula is C28H31F3N2O6S2. The van der Waals surface area contributed by atoms with Crippen molar-refractivity contribution in [3.63, 3.8) is 0 Å². The second-order valence-electron chi connectivity index (χ2n) is 9.92. The number of carboxylic acids is 1. The lowest BCUT2D eigenvalue weighted by Crippen LogP contribution is -2.60.